The molecule has 2 aliphatic rings. The Balaban J connectivity index is 1.61. The standard InChI is InChI=1S/C14H20N4O/c19-14(18-10-4-2-1-3-5-10)12-8-13(16-9-15-12)17-11-6-7-11/h8-11H,1-7H2,(H,18,19)(H,15,16,17). The summed E-state index contributed by atoms with van der Waals surface area (Å²) in [6.45, 7) is 0. The first-order valence-corrected chi connectivity index (χ1v) is 7.21. The van der Waals surface area contributed by atoms with Gasteiger partial charge in [-0.1, -0.05) is 19.3 Å². The van der Waals surface area contributed by atoms with Gasteiger partial charge in [0.05, 0.1) is 0 Å². The van der Waals surface area contributed by atoms with Crippen molar-refractivity contribution in [3.8, 4) is 0 Å². The molecule has 1 aromatic heterocycles. The third kappa shape index (κ3) is 3.43. The van der Waals surface area contributed by atoms with Crippen LogP contribution in [0.5, 0.6) is 0 Å². The molecule has 19 heavy (non-hydrogen) atoms. The zero-order valence-corrected chi connectivity index (χ0v) is 11.1. The predicted molar refractivity (Wildman–Crippen MR) is 73.0 cm³/mol. The fourth-order valence-corrected chi connectivity index (χ4v) is 2.50. The van der Waals surface area contributed by atoms with E-state index in [9.17, 15) is 4.79 Å². The van der Waals surface area contributed by atoms with Gasteiger partial charge in [0.15, 0.2) is 0 Å². The van der Waals surface area contributed by atoms with Crippen molar-refractivity contribution in [1.29, 1.82) is 0 Å². The van der Waals surface area contributed by atoms with Crippen LogP contribution in [0.1, 0.15) is 55.4 Å². The molecule has 1 amide bonds. The van der Waals surface area contributed by atoms with Gasteiger partial charge in [-0.15, -0.1) is 0 Å². The van der Waals surface area contributed by atoms with Crippen molar-refractivity contribution in [3.05, 3.63) is 18.1 Å². The number of rotatable bonds is 4. The summed E-state index contributed by atoms with van der Waals surface area (Å²) in [4.78, 5) is 20.4. The van der Waals surface area contributed by atoms with Crippen LogP contribution in [-0.2, 0) is 0 Å². The largest absolute Gasteiger partial charge is 0.367 e. The molecule has 0 aromatic carbocycles. The van der Waals surface area contributed by atoms with Crippen LogP contribution in [0.4, 0.5) is 5.82 Å². The third-order valence-electron chi connectivity index (χ3n) is 3.77. The predicted octanol–water partition coefficient (Wildman–Crippen LogP) is 2.11. The molecule has 3 rings (SSSR count). The number of nitrogens with one attached hydrogen (secondary N) is 2. The van der Waals surface area contributed by atoms with Crippen molar-refractivity contribution in [2.75, 3.05) is 5.32 Å². The summed E-state index contributed by atoms with van der Waals surface area (Å²) in [5.74, 6) is 0.680. The number of hydrogen-bond acceptors (Lipinski definition) is 4. The minimum absolute atomic E-state index is 0.0758. The van der Waals surface area contributed by atoms with Crippen molar-refractivity contribution in [2.45, 2.75) is 57.0 Å². The van der Waals surface area contributed by atoms with E-state index in [-0.39, 0.29) is 5.91 Å². The van der Waals surface area contributed by atoms with Crippen molar-refractivity contribution in [3.63, 3.8) is 0 Å². The maximum Gasteiger partial charge on any atom is 0.270 e. The Kier molecular flexibility index (Phi) is 3.62. The summed E-state index contributed by atoms with van der Waals surface area (Å²) >= 11 is 0. The molecule has 0 spiro atoms. The lowest BCUT2D eigenvalue weighted by molar-refractivity contribution is 0.0922. The highest BCUT2D eigenvalue weighted by molar-refractivity contribution is 5.93. The van der Waals surface area contributed by atoms with Gasteiger partial charge in [-0.25, -0.2) is 9.97 Å². The summed E-state index contributed by atoms with van der Waals surface area (Å²) in [5.41, 5.74) is 0.462. The van der Waals surface area contributed by atoms with Gasteiger partial charge >= 0.3 is 0 Å². The van der Waals surface area contributed by atoms with Crippen LogP contribution in [0.15, 0.2) is 12.4 Å². The molecule has 1 aromatic rings. The second kappa shape index (κ2) is 5.55. The first-order valence-electron chi connectivity index (χ1n) is 7.21. The van der Waals surface area contributed by atoms with E-state index in [1.807, 2.05) is 0 Å². The first-order chi connectivity index (χ1) is 9.31. The van der Waals surface area contributed by atoms with Gasteiger partial charge in [-0.3, -0.25) is 4.79 Å². The molecule has 2 saturated carbocycles. The Hall–Kier alpha value is -1.65. The first kappa shape index (κ1) is 12.4. The number of anilines is 1. The average Bonchev–Trinajstić information content (AvgIpc) is 3.24. The van der Waals surface area contributed by atoms with E-state index in [0.29, 0.717) is 17.8 Å². The normalized spacial score (nSPS) is 20.0. The van der Waals surface area contributed by atoms with Crippen LogP contribution in [0, 0.1) is 0 Å². The molecule has 102 valence electrons. The summed E-state index contributed by atoms with van der Waals surface area (Å²) < 4.78 is 0. The molecule has 0 bridgehead atoms. The van der Waals surface area contributed by atoms with Crippen molar-refractivity contribution in [1.82, 2.24) is 15.3 Å². The minimum atomic E-state index is -0.0758. The van der Waals surface area contributed by atoms with Crippen LogP contribution in [0.25, 0.3) is 0 Å². The molecule has 0 radical (unpaired) electrons. The lowest BCUT2D eigenvalue weighted by atomic mass is 9.95. The fourth-order valence-electron chi connectivity index (χ4n) is 2.50. The molecular formula is C14H20N4O. The maximum atomic E-state index is 12.1. The van der Waals surface area contributed by atoms with Gasteiger partial charge in [-0.05, 0) is 25.7 Å². The molecule has 2 N–H and O–H groups in total. The van der Waals surface area contributed by atoms with E-state index >= 15 is 0 Å². The minimum Gasteiger partial charge on any atom is -0.367 e. The van der Waals surface area contributed by atoms with Crippen LogP contribution in [-0.4, -0.2) is 28.0 Å². The maximum absolute atomic E-state index is 12.1. The summed E-state index contributed by atoms with van der Waals surface area (Å²) in [6, 6.07) is 2.59. The Bertz CT molecular complexity index is 453. The molecule has 0 aliphatic heterocycles. The molecule has 5 heteroatoms. The zero-order chi connectivity index (χ0) is 13.1. The average molecular weight is 260 g/mol. The molecule has 1 heterocycles. The topological polar surface area (TPSA) is 66.9 Å². The molecular weight excluding hydrogens is 240 g/mol. The number of carbonyl (C=O) groups excluding carboxylic acids is 1. The summed E-state index contributed by atoms with van der Waals surface area (Å²) in [7, 11) is 0. The number of carbonyl (C=O) groups is 1. The molecule has 0 saturated heterocycles. The zero-order valence-electron chi connectivity index (χ0n) is 11.1. The van der Waals surface area contributed by atoms with Gasteiger partial charge in [0, 0.05) is 18.2 Å². The molecule has 0 atom stereocenters. The highest BCUT2D eigenvalue weighted by atomic mass is 16.1. The second-order valence-corrected chi connectivity index (χ2v) is 5.52. The van der Waals surface area contributed by atoms with Crippen LogP contribution >= 0.6 is 0 Å². The highest BCUT2D eigenvalue weighted by Gasteiger charge is 2.22. The van der Waals surface area contributed by atoms with E-state index in [1.54, 1.807) is 6.07 Å². The van der Waals surface area contributed by atoms with Crippen molar-refractivity contribution in [2.24, 2.45) is 0 Å². The molecule has 2 aliphatic carbocycles. The third-order valence-corrected chi connectivity index (χ3v) is 3.77. The van der Waals surface area contributed by atoms with Crippen LogP contribution in [0.2, 0.25) is 0 Å². The number of hydrogen-bond donors (Lipinski definition) is 2. The number of amides is 1. The van der Waals surface area contributed by atoms with E-state index in [4.69, 9.17) is 0 Å². The summed E-state index contributed by atoms with van der Waals surface area (Å²) in [6.07, 6.45) is 9.72. The SMILES string of the molecule is O=C(NC1CCCCC1)c1cc(NC2CC2)ncn1. The Labute approximate surface area is 113 Å². The highest BCUT2D eigenvalue weighted by Crippen LogP contribution is 2.23. The fraction of sp³-hybridized carbons (Fsp3) is 0.643. The van der Waals surface area contributed by atoms with E-state index < -0.39 is 0 Å². The Morgan fingerprint density at radius 1 is 1.05 bits per heavy atom. The van der Waals surface area contributed by atoms with Crippen molar-refractivity contribution >= 4 is 11.7 Å². The lowest BCUT2D eigenvalue weighted by Crippen LogP contribution is -2.36. The van der Waals surface area contributed by atoms with Gasteiger partial charge in [0.25, 0.3) is 5.91 Å². The van der Waals surface area contributed by atoms with Gasteiger partial charge in [0.2, 0.25) is 0 Å². The van der Waals surface area contributed by atoms with E-state index in [0.717, 1.165) is 18.7 Å². The molecule has 2 fully saturated rings. The van der Waals surface area contributed by atoms with Gasteiger partial charge in [0.1, 0.15) is 17.8 Å². The van der Waals surface area contributed by atoms with Gasteiger partial charge in [-0.2, -0.15) is 0 Å². The molecule has 5 nitrogen and oxygen atoms in total. The number of nitrogens with zero attached hydrogens (tertiary/aromatic N) is 2. The smallest absolute Gasteiger partial charge is 0.270 e. The Morgan fingerprint density at radius 2 is 1.84 bits per heavy atom. The van der Waals surface area contributed by atoms with E-state index in [2.05, 4.69) is 20.6 Å². The second-order valence-electron chi connectivity index (χ2n) is 5.52. The van der Waals surface area contributed by atoms with Gasteiger partial charge < -0.3 is 10.6 Å². The Morgan fingerprint density at radius 3 is 2.58 bits per heavy atom. The quantitative estimate of drug-likeness (QED) is 0.870. The van der Waals surface area contributed by atoms with E-state index in [1.165, 1.54) is 38.4 Å². The van der Waals surface area contributed by atoms with Crippen molar-refractivity contribution < 1.29 is 4.79 Å². The molecule has 0 unspecified atom stereocenters. The summed E-state index contributed by atoms with van der Waals surface area (Å²) in [5, 5.41) is 6.36. The lowest BCUT2D eigenvalue weighted by Gasteiger charge is -2.22. The van der Waals surface area contributed by atoms with Crippen LogP contribution < -0.4 is 10.6 Å². The monoisotopic (exact) mass is 260 g/mol. The number of aromatic nitrogens is 2. The van der Waals surface area contributed by atoms with Crippen LogP contribution in [0.3, 0.4) is 0 Å².